The predicted molar refractivity (Wildman–Crippen MR) is 122 cm³/mol. The van der Waals surface area contributed by atoms with Crippen LogP contribution in [0.3, 0.4) is 0 Å². The van der Waals surface area contributed by atoms with Crippen LogP contribution in [-0.2, 0) is 11.0 Å². The van der Waals surface area contributed by atoms with Gasteiger partial charge >= 0.3 is 6.18 Å². The third-order valence-electron chi connectivity index (χ3n) is 6.35. The fourth-order valence-electron chi connectivity index (χ4n) is 4.72. The van der Waals surface area contributed by atoms with Crippen molar-refractivity contribution >= 4 is 39.8 Å². The average Bonchev–Trinajstić information content (AvgIpc) is 2.81. The minimum Gasteiger partial charge on any atom is -0.355 e. The van der Waals surface area contributed by atoms with Crippen molar-refractivity contribution in [1.82, 2.24) is 15.3 Å². The number of halogens is 5. The number of aromatic nitrogens is 2. The van der Waals surface area contributed by atoms with E-state index >= 15 is 4.39 Å². The van der Waals surface area contributed by atoms with E-state index in [4.69, 9.17) is 16.9 Å². The summed E-state index contributed by atoms with van der Waals surface area (Å²) in [5.74, 6) is -1.22. The van der Waals surface area contributed by atoms with Crippen LogP contribution in [0.2, 0.25) is 5.02 Å². The van der Waals surface area contributed by atoms with Crippen LogP contribution in [-0.4, -0.2) is 48.1 Å². The number of carbonyl (C=O) groups excluding carboxylic acids is 1. The van der Waals surface area contributed by atoms with Gasteiger partial charge in [0.05, 0.1) is 40.6 Å². The van der Waals surface area contributed by atoms with Gasteiger partial charge in [-0.2, -0.15) is 18.4 Å². The Morgan fingerprint density at radius 1 is 1.29 bits per heavy atom. The topological polar surface area (TPSA) is 85.2 Å². The number of fused-ring (bicyclic) bond motifs is 5. The summed E-state index contributed by atoms with van der Waals surface area (Å²) >= 11 is 5.82. The number of carbonyl (C=O) groups is 1. The molecule has 7 nitrogen and oxygen atoms in total. The zero-order valence-electron chi connectivity index (χ0n) is 18.2. The largest absolute Gasteiger partial charge is 0.418 e. The molecule has 2 atom stereocenters. The molecule has 35 heavy (non-hydrogen) atoms. The number of amides is 1. The molecular weight excluding hydrogens is 488 g/mol. The first-order valence-corrected chi connectivity index (χ1v) is 11.0. The van der Waals surface area contributed by atoms with Crippen LogP contribution in [0.4, 0.5) is 28.9 Å². The molecule has 5 rings (SSSR count). The van der Waals surface area contributed by atoms with E-state index in [2.05, 4.69) is 21.4 Å². The SMILES string of the molecule is CN1C(=O)C2CNC(CC#N)CN2c2c1cnc1c(F)c(-c3cccc(Cl)c3C(F)(F)F)ncc21. The number of piperazine rings is 1. The van der Waals surface area contributed by atoms with Crippen molar-refractivity contribution in [3.8, 4) is 17.3 Å². The smallest absolute Gasteiger partial charge is 0.355 e. The van der Waals surface area contributed by atoms with E-state index in [-0.39, 0.29) is 35.8 Å². The number of anilines is 2. The van der Waals surface area contributed by atoms with Crippen LogP contribution in [0.5, 0.6) is 0 Å². The lowest BCUT2D eigenvalue weighted by molar-refractivity contribution is -0.137. The summed E-state index contributed by atoms with van der Waals surface area (Å²) in [4.78, 5) is 24.4. The lowest BCUT2D eigenvalue weighted by Crippen LogP contribution is -2.64. The molecule has 1 fully saturated rings. The second kappa shape index (κ2) is 8.32. The second-order valence-electron chi connectivity index (χ2n) is 8.37. The van der Waals surface area contributed by atoms with Crippen LogP contribution in [0.25, 0.3) is 22.2 Å². The summed E-state index contributed by atoms with van der Waals surface area (Å²) in [5, 5.41) is 12.0. The maximum Gasteiger partial charge on any atom is 0.418 e. The molecule has 180 valence electrons. The van der Waals surface area contributed by atoms with Gasteiger partial charge in [-0.15, -0.1) is 0 Å². The van der Waals surface area contributed by atoms with E-state index in [0.717, 1.165) is 12.1 Å². The number of benzene rings is 1. The normalized spacial score (nSPS) is 20.0. The first kappa shape index (κ1) is 23.3. The Morgan fingerprint density at radius 2 is 2.06 bits per heavy atom. The van der Waals surface area contributed by atoms with Gasteiger partial charge in [0.2, 0.25) is 0 Å². The number of pyridine rings is 2. The molecule has 0 radical (unpaired) electrons. The maximum absolute atomic E-state index is 15.7. The van der Waals surface area contributed by atoms with Crippen molar-refractivity contribution in [2.45, 2.75) is 24.7 Å². The molecule has 4 heterocycles. The van der Waals surface area contributed by atoms with Crippen molar-refractivity contribution in [3.05, 3.63) is 47.0 Å². The second-order valence-corrected chi connectivity index (χ2v) is 8.78. The first-order chi connectivity index (χ1) is 16.6. The van der Waals surface area contributed by atoms with Crippen molar-refractivity contribution in [3.63, 3.8) is 0 Å². The number of nitrogens with one attached hydrogen (secondary N) is 1. The van der Waals surface area contributed by atoms with E-state index in [9.17, 15) is 18.0 Å². The molecular formula is C23H17ClF4N6O. The molecule has 1 saturated heterocycles. The van der Waals surface area contributed by atoms with Crippen LogP contribution in [0.1, 0.15) is 12.0 Å². The van der Waals surface area contributed by atoms with Gasteiger partial charge in [0, 0.05) is 43.3 Å². The zero-order chi connectivity index (χ0) is 25.1. The highest BCUT2D eigenvalue weighted by Gasteiger charge is 2.42. The number of alkyl halides is 3. The molecule has 3 aromatic rings. The third kappa shape index (κ3) is 3.64. The van der Waals surface area contributed by atoms with E-state index in [1.807, 2.05) is 0 Å². The molecule has 0 spiro atoms. The van der Waals surface area contributed by atoms with E-state index in [0.29, 0.717) is 17.9 Å². The van der Waals surface area contributed by atoms with Gasteiger partial charge in [-0.25, -0.2) is 4.39 Å². The zero-order valence-corrected chi connectivity index (χ0v) is 19.0. The van der Waals surface area contributed by atoms with Crippen LogP contribution >= 0.6 is 11.6 Å². The summed E-state index contributed by atoms with van der Waals surface area (Å²) in [6.45, 7) is 0.587. The van der Waals surface area contributed by atoms with Gasteiger partial charge in [0.15, 0.2) is 5.82 Å². The summed E-state index contributed by atoms with van der Waals surface area (Å²) in [6.07, 6.45) is -2.03. The van der Waals surface area contributed by atoms with Gasteiger partial charge in [0.25, 0.3) is 5.91 Å². The quantitative estimate of drug-likeness (QED) is 0.528. The van der Waals surface area contributed by atoms with E-state index < -0.39 is 39.9 Å². The number of rotatable bonds is 2. The third-order valence-corrected chi connectivity index (χ3v) is 6.67. The van der Waals surface area contributed by atoms with Gasteiger partial charge in [-0.05, 0) is 6.07 Å². The first-order valence-electron chi connectivity index (χ1n) is 10.6. The van der Waals surface area contributed by atoms with Gasteiger partial charge in [0.1, 0.15) is 17.3 Å². The van der Waals surface area contributed by atoms with E-state index in [1.165, 1.54) is 23.4 Å². The van der Waals surface area contributed by atoms with Crippen molar-refractivity contribution in [2.75, 3.05) is 29.9 Å². The molecule has 1 N–H and O–H groups in total. The van der Waals surface area contributed by atoms with Crippen LogP contribution in [0, 0.1) is 17.1 Å². The lowest BCUT2D eigenvalue weighted by atomic mass is 9.98. The summed E-state index contributed by atoms with van der Waals surface area (Å²) in [5.41, 5.74) is -1.48. The number of nitriles is 1. The van der Waals surface area contributed by atoms with Gasteiger partial charge < -0.3 is 15.1 Å². The molecule has 1 aromatic carbocycles. The van der Waals surface area contributed by atoms with Crippen molar-refractivity contribution < 1.29 is 22.4 Å². The van der Waals surface area contributed by atoms with Gasteiger partial charge in [-0.1, -0.05) is 23.7 Å². The molecule has 0 aliphatic carbocycles. The minimum atomic E-state index is -4.83. The number of hydrogen-bond donors (Lipinski definition) is 1. The molecule has 0 saturated carbocycles. The number of hydrogen-bond acceptors (Lipinski definition) is 6. The highest BCUT2D eigenvalue weighted by Crippen LogP contribution is 2.45. The Morgan fingerprint density at radius 3 is 2.77 bits per heavy atom. The maximum atomic E-state index is 15.7. The molecule has 1 amide bonds. The fourth-order valence-corrected chi connectivity index (χ4v) is 5.00. The molecule has 0 bridgehead atoms. The summed E-state index contributed by atoms with van der Waals surface area (Å²) in [6, 6.07) is 4.76. The van der Waals surface area contributed by atoms with Crippen LogP contribution < -0.4 is 15.1 Å². The Bertz CT molecular complexity index is 1410. The Balaban J connectivity index is 1.72. The Hall–Kier alpha value is -3.49. The van der Waals surface area contributed by atoms with Crippen molar-refractivity contribution in [2.24, 2.45) is 0 Å². The molecule has 2 aliphatic rings. The highest BCUT2D eigenvalue weighted by atomic mass is 35.5. The molecule has 2 aromatic heterocycles. The summed E-state index contributed by atoms with van der Waals surface area (Å²) in [7, 11) is 1.58. The van der Waals surface area contributed by atoms with Crippen LogP contribution in [0.15, 0.2) is 30.6 Å². The fraction of sp³-hybridized carbons (Fsp3) is 0.304. The Kier molecular flexibility index (Phi) is 5.53. The number of nitrogens with zero attached hydrogens (tertiary/aromatic N) is 5. The highest BCUT2D eigenvalue weighted by molar-refractivity contribution is 6.31. The number of likely N-dealkylation sites (N-methyl/N-ethyl adjacent to an activating group) is 1. The molecule has 2 unspecified atom stereocenters. The van der Waals surface area contributed by atoms with Crippen molar-refractivity contribution in [1.29, 1.82) is 5.26 Å². The minimum absolute atomic E-state index is 0.182. The monoisotopic (exact) mass is 504 g/mol. The van der Waals surface area contributed by atoms with E-state index in [1.54, 1.807) is 11.9 Å². The lowest BCUT2D eigenvalue weighted by Gasteiger charge is -2.46. The average molecular weight is 505 g/mol. The predicted octanol–water partition coefficient (Wildman–Crippen LogP) is 4.14. The standard InChI is InChI=1S/C23H17ClF4N6O/c1-33-15-8-32-20-13(21(15)34-10-11(5-6-29)30-9-16(34)22(33)35)7-31-19(18(20)25)12-3-2-4-14(24)17(12)23(26,27)28/h2-4,7-8,11,16,30H,5,9-10H2,1H3. The van der Waals surface area contributed by atoms with Gasteiger partial charge in [-0.3, -0.25) is 14.8 Å². The molecule has 12 heteroatoms. The molecule has 2 aliphatic heterocycles. The summed E-state index contributed by atoms with van der Waals surface area (Å²) < 4.78 is 56.9. The Labute approximate surface area is 201 Å².